The number of rotatable bonds is 9. The fraction of sp³-hybridized carbons (Fsp3) is 0.333. The topological polar surface area (TPSA) is 84.3 Å². The number of amides is 1. The van der Waals surface area contributed by atoms with Gasteiger partial charge in [-0.15, -0.1) is 10.2 Å². The van der Waals surface area contributed by atoms with Crippen LogP contribution in [0.15, 0.2) is 54.6 Å². The van der Waals surface area contributed by atoms with E-state index in [4.69, 9.17) is 27.2 Å². The van der Waals surface area contributed by atoms with Gasteiger partial charge in [0.1, 0.15) is 16.8 Å². The zero-order valence-electron chi connectivity index (χ0n) is 23.4. The molecule has 4 aromatic rings. The first-order valence-electron chi connectivity index (χ1n) is 13.3. The quantitative estimate of drug-likeness (QED) is 0.248. The molecule has 39 heavy (non-hydrogen) atoms. The maximum Gasteiger partial charge on any atom is 0.257 e. The first kappa shape index (κ1) is 28.0. The molecule has 0 aliphatic rings. The molecule has 0 aliphatic heterocycles. The Morgan fingerprint density at radius 2 is 1.64 bits per heavy atom. The molecule has 9 heteroatoms. The molecule has 0 aliphatic carbocycles. The van der Waals surface area contributed by atoms with Gasteiger partial charge in [0.15, 0.2) is 5.11 Å². The van der Waals surface area contributed by atoms with E-state index >= 15 is 0 Å². The zero-order valence-corrected chi connectivity index (χ0v) is 24.2. The summed E-state index contributed by atoms with van der Waals surface area (Å²) in [6.07, 6.45) is 0. The highest BCUT2D eigenvalue weighted by atomic mass is 32.1. The second-order valence-corrected chi connectivity index (χ2v) is 10.3. The molecule has 0 bridgehead atoms. The highest BCUT2D eigenvalue weighted by Crippen LogP contribution is 2.25. The van der Waals surface area contributed by atoms with Gasteiger partial charge < -0.3 is 15.0 Å². The Labute approximate surface area is 235 Å². The van der Waals surface area contributed by atoms with E-state index in [1.807, 2.05) is 19.1 Å². The molecule has 0 spiro atoms. The van der Waals surface area contributed by atoms with Gasteiger partial charge in [0, 0.05) is 30.0 Å². The van der Waals surface area contributed by atoms with E-state index in [9.17, 15) is 4.79 Å². The molecule has 1 heterocycles. The molecular formula is C30H36N6O2S. The number of aromatic nitrogens is 3. The van der Waals surface area contributed by atoms with Crippen LogP contribution in [0.3, 0.4) is 0 Å². The lowest BCUT2D eigenvalue weighted by molar-refractivity contribution is 0.0977. The highest BCUT2D eigenvalue weighted by molar-refractivity contribution is 7.80. The number of nitrogens with one attached hydrogen (secondary N) is 2. The molecule has 0 fully saturated rings. The van der Waals surface area contributed by atoms with Crippen LogP contribution in [0.25, 0.3) is 16.7 Å². The maximum atomic E-state index is 12.7. The Bertz CT molecular complexity index is 1480. The third-order valence-corrected chi connectivity index (χ3v) is 6.63. The summed E-state index contributed by atoms with van der Waals surface area (Å²) in [6, 6.07) is 17.2. The molecule has 0 unspecified atom stereocenters. The first-order valence-corrected chi connectivity index (χ1v) is 13.7. The Hall–Kier alpha value is -3.98. The van der Waals surface area contributed by atoms with Crippen molar-refractivity contribution in [2.24, 2.45) is 5.92 Å². The van der Waals surface area contributed by atoms with Crippen molar-refractivity contribution in [2.75, 3.05) is 29.9 Å². The summed E-state index contributed by atoms with van der Waals surface area (Å²) in [4.78, 5) is 16.7. The average Bonchev–Trinajstić information content (AvgIpc) is 3.30. The number of anilines is 2. The van der Waals surface area contributed by atoms with E-state index in [1.165, 1.54) is 5.69 Å². The van der Waals surface area contributed by atoms with Gasteiger partial charge in [-0.05, 0) is 112 Å². The van der Waals surface area contributed by atoms with Crippen molar-refractivity contribution < 1.29 is 9.53 Å². The summed E-state index contributed by atoms with van der Waals surface area (Å²) in [5.74, 6) is 0.862. The van der Waals surface area contributed by atoms with Gasteiger partial charge in [0.25, 0.3) is 5.91 Å². The van der Waals surface area contributed by atoms with Crippen molar-refractivity contribution in [3.8, 4) is 11.4 Å². The van der Waals surface area contributed by atoms with Crippen molar-refractivity contribution in [1.82, 2.24) is 20.3 Å². The van der Waals surface area contributed by atoms with Crippen LogP contribution in [0.1, 0.15) is 49.2 Å². The van der Waals surface area contributed by atoms with Crippen LogP contribution in [0.4, 0.5) is 11.4 Å². The molecule has 4 rings (SSSR count). The Morgan fingerprint density at radius 1 is 0.974 bits per heavy atom. The van der Waals surface area contributed by atoms with E-state index in [0.29, 0.717) is 18.1 Å². The van der Waals surface area contributed by atoms with Crippen molar-refractivity contribution >= 4 is 45.6 Å². The number of ether oxygens (including phenoxy) is 1. The zero-order chi connectivity index (χ0) is 28.1. The van der Waals surface area contributed by atoms with Crippen molar-refractivity contribution in [3.05, 3.63) is 71.3 Å². The second kappa shape index (κ2) is 12.3. The van der Waals surface area contributed by atoms with E-state index in [0.717, 1.165) is 52.4 Å². The Balaban J connectivity index is 1.46. The van der Waals surface area contributed by atoms with Crippen LogP contribution in [-0.4, -0.2) is 45.7 Å². The Morgan fingerprint density at radius 3 is 2.26 bits per heavy atom. The molecule has 1 amide bonds. The number of hydrogen-bond donors (Lipinski definition) is 2. The summed E-state index contributed by atoms with van der Waals surface area (Å²) < 4.78 is 5.69. The number of hydrogen-bond acceptors (Lipinski definition) is 6. The van der Waals surface area contributed by atoms with Crippen molar-refractivity contribution in [1.29, 1.82) is 0 Å². The van der Waals surface area contributed by atoms with E-state index < -0.39 is 0 Å². The molecule has 3 aromatic carbocycles. The summed E-state index contributed by atoms with van der Waals surface area (Å²) in [7, 11) is 0. The smallest absolute Gasteiger partial charge is 0.257 e. The first-order chi connectivity index (χ1) is 18.7. The average molecular weight is 545 g/mol. The number of aryl methyl sites for hydroxylation is 2. The monoisotopic (exact) mass is 544 g/mol. The van der Waals surface area contributed by atoms with Crippen molar-refractivity contribution in [3.63, 3.8) is 0 Å². The SMILES string of the molecule is CCN(CC)c1ccc(-n2nc3cc(C)c(NC(=S)NC(=O)c4ccc(OCC(C)C)cc4)cc3n2)c(C)c1. The van der Waals surface area contributed by atoms with E-state index in [-0.39, 0.29) is 11.0 Å². The van der Waals surface area contributed by atoms with Gasteiger partial charge in [-0.1, -0.05) is 13.8 Å². The minimum atomic E-state index is -0.295. The third kappa shape index (κ3) is 6.72. The highest BCUT2D eigenvalue weighted by Gasteiger charge is 2.14. The molecule has 1 aromatic heterocycles. The van der Waals surface area contributed by atoms with Crippen LogP contribution < -0.4 is 20.3 Å². The summed E-state index contributed by atoms with van der Waals surface area (Å²) >= 11 is 5.43. The summed E-state index contributed by atoms with van der Waals surface area (Å²) in [5.41, 5.74) is 6.90. The molecule has 0 saturated heterocycles. The minimum Gasteiger partial charge on any atom is -0.493 e. The lowest BCUT2D eigenvalue weighted by Crippen LogP contribution is -2.34. The van der Waals surface area contributed by atoms with Crippen LogP contribution in [0, 0.1) is 19.8 Å². The lowest BCUT2D eigenvalue weighted by Gasteiger charge is -2.22. The van der Waals surface area contributed by atoms with Crippen LogP contribution in [-0.2, 0) is 0 Å². The summed E-state index contributed by atoms with van der Waals surface area (Å²) in [6.45, 7) is 15.1. The van der Waals surface area contributed by atoms with E-state index in [1.54, 1.807) is 29.1 Å². The number of carbonyl (C=O) groups excluding carboxylic acids is 1. The van der Waals surface area contributed by atoms with Crippen LogP contribution >= 0.6 is 12.2 Å². The molecule has 0 atom stereocenters. The standard InChI is InChI=1S/C30H36N6O2S/c1-7-35(8-2)23-11-14-28(21(6)15-23)36-33-26-16-20(5)25(17-27(26)34-36)31-30(39)32-29(37)22-9-12-24(13-10-22)38-18-19(3)4/h9-17,19H,7-8,18H2,1-6H3,(H2,31,32,37,39). The minimum absolute atomic E-state index is 0.206. The van der Waals surface area contributed by atoms with Gasteiger partial charge in [-0.2, -0.15) is 4.80 Å². The number of fused-ring (bicyclic) bond motifs is 1. The van der Waals surface area contributed by atoms with Gasteiger partial charge in [0.05, 0.1) is 12.3 Å². The largest absolute Gasteiger partial charge is 0.493 e. The second-order valence-electron chi connectivity index (χ2n) is 9.93. The predicted molar refractivity (Wildman–Crippen MR) is 162 cm³/mol. The van der Waals surface area contributed by atoms with Gasteiger partial charge in [-0.25, -0.2) is 0 Å². The third-order valence-electron chi connectivity index (χ3n) is 6.43. The molecular weight excluding hydrogens is 508 g/mol. The summed E-state index contributed by atoms with van der Waals surface area (Å²) in [5, 5.41) is 15.5. The fourth-order valence-electron chi connectivity index (χ4n) is 4.25. The number of benzene rings is 3. The van der Waals surface area contributed by atoms with Crippen LogP contribution in [0.5, 0.6) is 5.75 Å². The maximum absolute atomic E-state index is 12.7. The predicted octanol–water partition coefficient (Wildman–Crippen LogP) is 6.05. The van der Waals surface area contributed by atoms with Gasteiger partial charge >= 0.3 is 0 Å². The molecule has 0 radical (unpaired) electrons. The van der Waals surface area contributed by atoms with E-state index in [2.05, 4.69) is 68.4 Å². The number of nitrogens with zero attached hydrogens (tertiary/aromatic N) is 4. The molecule has 2 N–H and O–H groups in total. The van der Waals surface area contributed by atoms with Crippen LogP contribution in [0.2, 0.25) is 0 Å². The number of thiocarbonyl (C=S) groups is 1. The molecule has 204 valence electrons. The lowest BCUT2D eigenvalue weighted by atomic mass is 10.1. The molecule has 0 saturated carbocycles. The Kier molecular flexibility index (Phi) is 8.81. The van der Waals surface area contributed by atoms with Gasteiger partial charge in [0.2, 0.25) is 0 Å². The van der Waals surface area contributed by atoms with Gasteiger partial charge in [-0.3, -0.25) is 10.1 Å². The molecule has 8 nitrogen and oxygen atoms in total. The normalized spacial score (nSPS) is 11.1. The fourth-order valence-corrected chi connectivity index (χ4v) is 4.46. The van der Waals surface area contributed by atoms with Crippen molar-refractivity contribution in [2.45, 2.75) is 41.5 Å². The number of carbonyl (C=O) groups is 1.